The van der Waals surface area contributed by atoms with Gasteiger partial charge in [-0.2, -0.15) is 18.2 Å². The van der Waals surface area contributed by atoms with Gasteiger partial charge >= 0.3 is 6.18 Å². The number of rotatable bonds is 5. The van der Waals surface area contributed by atoms with Crippen LogP contribution >= 0.6 is 0 Å². The zero-order chi connectivity index (χ0) is 21.3. The zero-order valence-corrected chi connectivity index (χ0v) is 16.0. The Balaban J connectivity index is 1.56. The van der Waals surface area contributed by atoms with E-state index >= 15 is 0 Å². The van der Waals surface area contributed by atoms with E-state index in [2.05, 4.69) is 10.1 Å². The Morgan fingerprint density at radius 2 is 2.00 bits per heavy atom. The van der Waals surface area contributed by atoms with Crippen molar-refractivity contribution in [1.29, 1.82) is 0 Å². The minimum atomic E-state index is -4.48. The van der Waals surface area contributed by atoms with Crippen molar-refractivity contribution in [1.82, 2.24) is 10.1 Å². The average molecular weight is 417 g/mol. The van der Waals surface area contributed by atoms with Crippen LogP contribution in [-0.4, -0.2) is 29.2 Å². The van der Waals surface area contributed by atoms with Gasteiger partial charge in [0, 0.05) is 18.7 Å². The third-order valence-electron chi connectivity index (χ3n) is 4.83. The number of anilines is 1. The molecule has 2 aromatic carbocycles. The molecule has 6 nitrogen and oxygen atoms in total. The van der Waals surface area contributed by atoms with Crippen molar-refractivity contribution in [3.63, 3.8) is 0 Å². The van der Waals surface area contributed by atoms with Crippen LogP contribution in [0.2, 0.25) is 0 Å². The maximum Gasteiger partial charge on any atom is 0.416 e. The highest BCUT2D eigenvalue weighted by atomic mass is 19.4. The van der Waals surface area contributed by atoms with E-state index in [1.807, 2.05) is 19.1 Å². The van der Waals surface area contributed by atoms with Gasteiger partial charge in [0.05, 0.1) is 23.7 Å². The average Bonchev–Trinajstić information content (AvgIpc) is 3.35. The SMILES string of the molecule is CCOc1ccccc1-c1noc(C2CC(=O)N(c3cccc(C(F)(F)F)c3)C2)n1. The second-order valence-corrected chi connectivity index (χ2v) is 6.84. The minimum Gasteiger partial charge on any atom is -0.493 e. The lowest BCUT2D eigenvalue weighted by atomic mass is 10.1. The number of alkyl halides is 3. The van der Waals surface area contributed by atoms with E-state index in [1.54, 1.807) is 12.1 Å². The predicted octanol–water partition coefficient (Wildman–Crippen LogP) is 4.67. The van der Waals surface area contributed by atoms with Crippen LogP contribution in [0.3, 0.4) is 0 Å². The third kappa shape index (κ3) is 3.87. The van der Waals surface area contributed by atoms with Crippen molar-refractivity contribution in [2.75, 3.05) is 18.1 Å². The molecular formula is C21H18F3N3O3. The number of para-hydroxylation sites is 1. The van der Waals surface area contributed by atoms with E-state index in [0.717, 1.165) is 12.1 Å². The molecule has 1 aliphatic heterocycles. The monoisotopic (exact) mass is 417 g/mol. The molecule has 1 unspecified atom stereocenters. The predicted molar refractivity (Wildman–Crippen MR) is 102 cm³/mol. The van der Waals surface area contributed by atoms with Crippen molar-refractivity contribution < 1.29 is 27.2 Å². The second kappa shape index (κ2) is 7.81. The summed E-state index contributed by atoms with van der Waals surface area (Å²) in [5.74, 6) is 0.500. The fourth-order valence-electron chi connectivity index (χ4n) is 3.42. The minimum absolute atomic E-state index is 0.0744. The Morgan fingerprint density at radius 3 is 2.77 bits per heavy atom. The van der Waals surface area contributed by atoms with Crippen LogP contribution in [0, 0.1) is 0 Å². The number of hydrogen-bond donors (Lipinski definition) is 0. The zero-order valence-electron chi connectivity index (χ0n) is 16.0. The van der Waals surface area contributed by atoms with Crippen molar-refractivity contribution in [2.45, 2.75) is 25.4 Å². The smallest absolute Gasteiger partial charge is 0.416 e. The molecular weight excluding hydrogens is 399 g/mol. The van der Waals surface area contributed by atoms with Gasteiger partial charge in [-0.15, -0.1) is 0 Å². The lowest BCUT2D eigenvalue weighted by molar-refractivity contribution is -0.137. The highest BCUT2D eigenvalue weighted by Gasteiger charge is 2.37. The molecule has 30 heavy (non-hydrogen) atoms. The Bertz CT molecular complexity index is 1060. The summed E-state index contributed by atoms with van der Waals surface area (Å²) in [4.78, 5) is 18.2. The number of amides is 1. The number of carbonyl (C=O) groups is 1. The van der Waals surface area contributed by atoms with Crippen LogP contribution in [0.25, 0.3) is 11.4 Å². The fraction of sp³-hybridized carbons (Fsp3) is 0.286. The highest BCUT2D eigenvalue weighted by Crippen LogP contribution is 2.36. The van der Waals surface area contributed by atoms with Gasteiger partial charge in [-0.05, 0) is 37.3 Å². The Labute approximate surface area is 170 Å². The number of halogens is 3. The molecule has 156 valence electrons. The van der Waals surface area contributed by atoms with Crippen molar-refractivity contribution in [2.24, 2.45) is 0 Å². The van der Waals surface area contributed by atoms with Gasteiger partial charge in [-0.1, -0.05) is 23.4 Å². The Morgan fingerprint density at radius 1 is 1.20 bits per heavy atom. The lowest BCUT2D eigenvalue weighted by Crippen LogP contribution is -2.24. The van der Waals surface area contributed by atoms with Gasteiger partial charge in [0.15, 0.2) is 0 Å². The number of carbonyl (C=O) groups excluding carboxylic acids is 1. The van der Waals surface area contributed by atoms with Crippen molar-refractivity contribution in [3.05, 3.63) is 60.0 Å². The summed E-state index contributed by atoms with van der Waals surface area (Å²) in [5.41, 5.74) is 0.0519. The summed E-state index contributed by atoms with van der Waals surface area (Å²) in [7, 11) is 0. The molecule has 1 fully saturated rings. The molecule has 4 rings (SSSR count). The van der Waals surface area contributed by atoms with Gasteiger partial charge in [0.1, 0.15) is 5.75 Å². The molecule has 0 spiro atoms. The standard InChI is InChI=1S/C21H18F3N3O3/c1-2-29-17-9-4-3-8-16(17)19-25-20(30-26-19)13-10-18(28)27(12-13)15-7-5-6-14(11-15)21(22,23)24/h3-9,11,13H,2,10,12H2,1H3. The van der Waals surface area contributed by atoms with E-state index in [4.69, 9.17) is 9.26 Å². The molecule has 1 atom stereocenters. The van der Waals surface area contributed by atoms with Crippen LogP contribution in [0.4, 0.5) is 18.9 Å². The molecule has 9 heteroatoms. The van der Waals surface area contributed by atoms with Crippen LogP contribution in [0.1, 0.15) is 30.7 Å². The van der Waals surface area contributed by atoms with E-state index in [1.165, 1.54) is 17.0 Å². The molecule has 1 aliphatic rings. The number of hydrogen-bond acceptors (Lipinski definition) is 5. The van der Waals surface area contributed by atoms with Crippen molar-refractivity contribution in [3.8, 4) is 17.1 Å². The molecule has 1 amide bonds. The summed E-state index contributed by atoms with van der Waals surface area (Å²) in [6.45, 7) is 2.50. The summed E-state index contributed by atoms with van der Waals surface area (Å²) >= 11 is 0. The van der Waals surface area contributed by atoms with Crippen LogP contribution in [0.5, 0.6) is 5.75 Å². The normalized spacial score (nSPS) is 16.9. The van der Waals surface area contributed by atoms with Crippen LogP contribution < -0.4 is 9.64 Å². The van der Waals surface area contributed by atoms with E-state index in [9.17, 15) is 18.0 Å². The van der Waals surface area contributed by atoms with E-state index < -0.39 is 17.7 Å². The van der Waals surface area contributed by atoms with Gasteiger partial charge < -0.3 is 14.2 Å². The summed E-state index contributed by atoms with van der Waals surface area (Å²) in [6.07, 6.45) is -4.40. The first-order valence-electron chi connectivity index (χ1n) is 9.40. The first kappa shape index (κ1) is 19.9. The maximum absolute atomic E-state index is 13.0. The van der Waals surface area contributed by atoms with E-state index in [0.29, 0.717) is 23.7 Å². The Hall–Kier alpha value is -3.36. The molecule has 0 saturated carbocycles. The number of benzene rings is 2. The van der Waals surface area contributed by atoms with Gasteiger partial charge in [0.2, 0.25) is 17.6 Å². The van der Waals surface area contributed by atoms with E-state index in [-0.39, 0.29) is 30.5 Å². The molecule has 0 N–H and O–H groups in total. The second-order valence-electron chi connectivity index (χ2n) is 6.84. The summed E-state index contributed by atoms with van der Waals surface area (Å²) in [5, 5.41) is 4.00. The quantitative estimate of drug-likeness (QED) is 0.603. The molecule has 0 aliphatic carbocycles. The van der Waals surface area contributed by atoms with Gasteiger partial charge in [-0.25, -0.2) is 0 Å². The first-order chi connectivity index (χ1) is 14.4. The molecule has 2 heterocycles. The largest absolute Gasteiger partial charge is 0.493 e. The molecule has 0 bridgehead atoms. The summed E-state index contributed by atoms with van der Waals surface area (Å²) < 4.78 is 49.9. The van der Waals surface area contributed by atoms with Gasteiger partial charge in [0.25, 0.3) is 0 Å². The Kier molecular flexibility index (Phi) is 5.19. The molecule has 3 aromatic rings. The van der Waals surface area contributed by atoms with Gasteiger partial charge in [-0.3, -0.25) is 4.79 Å². The maximum atomic E-state index is 13.0. The molecule has 1 saturated heterocycles. The fourth-order valence-corrected chi connectivity index (χ4v) is 3.42. The highest BCUT2D eigenvalue weighted by molar-refractivity contribution is 5.96. The summed E-state index contributed by atoms with van der Waals surface area (Å²) in [6, 6.07) is 12.0. The molecule has 0 radical (unpaired) electrons. The van der Waals surface area contributed by atoms with Crippen molar-refractivity contribution >= 4 is 11.6 Å². The molecule has 1 aromatic heterocycles. The topological polar surface area (TPSA) is 68.5 Å². The van der Waals surface area contributed by atoms with Crippen LogP contribution in [-0.2, 0) is 11.0 Å². The number of nitrogens with zero attached hydrogens (tertiary/aromatic N) is 3. The number of aromatic nitrogens is 2. The first-order valence-corrected chi connectivity index (χ1v) is 9.40. The number of ether oxygens (including phenoxy) is 1. The third-order valence-corrected chi connectivity index (χ3v) is 4.83. The van der Waals surface area contributed by atoms with Crippen LogP contribution in [0.15, 0.2) is 53.1 Å². The lowest BCUT2D eigenvalue weighted by Gasteiger charge is -2.17.